The third-order valence-corrected chi connectivity index (χ3v) is 6.68. The van der Waals surface area contributed by atoms with Gasteiger partial charge in [-0.05, 0) is 56.6 Å². The number of fused-ring (bicyclic) bond motifs is 1. The highest BCUT2D eigenvalue weighted by molar-refractivity contribution is 6.34. The van der Waals surface area contributed by atoms with Crippen molar-refractivity contribution in [3.8, 4) is 0 Å². The number of likely N-dealkylation sites (tertiary alicyclic amines) is 1. The summed E-state index contributed by atoms with van der Waals surface area (Å²) in [6.07, 6.45) is 4.01. The molecule has 1 saturated heterocycles. The first kappa shape index (κ1) is 19.6. The van der Waals surface area contributed by atoms with Gasteiger partial charge in [0.05, 0.1) is 17.1 Å². The molecule has 1 spiro atoms. The van der Waals surface area contributed by atoms with Crippen molar-refractivity contribution in [2.24, 2.45) is 11.3 Å². The molecule has 0 atom stereocenters. The van der Waals surface area contributed by atoms with Gasteiger partial charge in [-0.1, -0.05) is 18.5 Å². The maximum atomic E-state index is 13.9. The average molecular weight is 407 g/mol. The van der Waals surface area contributed by atoms with Crippen LogP contribution in [-0.4, -0.2) is 45.9 Å². The van der Waals surface area contributed by atoms with E-state index in [-0.39, 0.29) is 17.3 Å². The van der Waals surface area contributed by atoms with Crippen LogP contribution < -0.4 is 5.32 Å². The summed E-state index contributed by atoms with van der Waals surface area (Å²) >= 11 is 6.13. The third kappa shape index (κ3) is 3.77. The van der Waals surface area contributed by atoms with Crippen LogP contribution in [0.3, 0.4) is 0 Å². The number of nitrogens with zero attached hydrogens (tertiary/aromatic N) is 2. The number of aromatic nitrogens is 2. The first-order chi connectivity index (χ1) is 13.2. The molecule has 5 nitrogen and oxygen atoms in total. The van der Waals surface area contributed by atoms with Gasteiger partial charge >= 0.3 is 0 Å². The van der Waals surface area contributed by atoms with E-state index in [2.05, 4.69) is 41.0 Å². The van der Waals surface area contributed by atoms with Crippen molar-refractivity contribution in [3.63, 3.8) is 0 Å². The van der Waals surface area contributed by atoms with Gasteiger partial charge in [0.1, 0.15) is 11.3 Å². The summed E-state index contributed by atoms with van der Waals surface area (Å²) in [5.41, 5.74) is 1.13. The number of rotatable bonds is 6. The minimum absolute atomic E-state index is 0.110. The van der Waals surface area contributed by atoms with Crippen LogP contribution in [0, 0.1) is 17.2 Å². The van der Waals surface area contributed by atoms with Gasteiger partial charge in [-0.2, -0.15) is 0 Å². The molecule has 0 radical (unpaired) electrons. The number of carbonyl (C=O) groups excluding carboxylic acids is 1. The zero-order chi connectivity index (χ0) is 20.1. The van der Waals surface area contributed by atoms with E-state index in [0.29, 0.717) is 33.9 Å². The van der Waals surface area contributed by atoms with E-state index in [0.717, 1.165) is 44.6 Å². The Labute approximate surface area is 170 Å². The van der Waals surface area contributed by atoms with Gasteiger partial charge in [-0.25, -0.2) is 9.37 Å². The molecule has 4 rings (SSSR count). The van der Waals surface area contributed by atoms with Crippen molar-refractivity contribution in [3.05, 3.63) is 28.8 Å². The fraction of sp³-hybridized carbons (Fsp3) is 0.619. The topological polar surface area (TPSA) is 61.0 Å². The molecule has 1 aliphatic carbocycles. The highest BCUT2D eigenvalue weighted by Gasteiger charge is 2.52. The average Bonchev–Trinajstić information content (AvgIpc) is 2.99. The molecule has 2 aromatic rings. The van der Waals surface area contributed by atoms with Crippen LogP contribution in [0.4, 0.5) is 4.39 Å². The van der Waals surface area contributed by atoms with Crippen LogP contribution in [-0.2, 0) is 11.2 Å². The van der Waals surface area contributed by atoms with Crippen molar-refractivity contribution in [2.75, 3.05) is 19.6 Å². The Morgan fingerprint density at radius 2 is 2.14 bits per heavy atom. The predicted molar refractivity (Wildman–Crippen MR) is 109 cm³/mol. The normalized spacial score (nSPS) is 19.6. The van der Waals surface area contributed by atoms with Crippen molar-refractivity contribution in [1.82, 2.24) is 20.2 Å². The van der Waals surface area contributed by atoms with Gasteiger partial charge in [-0.15, -0.1) is 0 Å². The monoisotopic (exact) mass is 406 g/mol. The molecule has 2 aliphatic rings. The predicted octanol–water partition coefficient (Wildman–Crippen LogP) is 3.91. The first-order valence-electron chi connectivity index (χ1n) is 10.0. The Morgan fingerprint density at radius 3 is 2.79 bits per heavy atom. The number of hydrogen-bond donors (Lipinski definition) is 2. The van der Waals surface area contributed by atoms with Crippen LogP contribution in [0.25, 0.3) is 11.0 Å². The van der Waals surface area contributed by atoms with Gasteiger partial charge in [0.2, 0.25) is 5.91 Å². The van der Waals surface area contributed by atoms with E-state index in [1.165, 1.54) is 6.07 Å². The van der Waals surface area contributed by atoms with Crippen molar-refractivity contribution < 1.29 is 9.18 Å². The number of H-pyrrole nitrogens is 1. The minimum atomic E-state index is -0.342. The SMILES string of the molecule is CCC(C)(C)NC(=O)CN1CC2(CC(Cc3nc4c(F)ccc(Cl)c4[nH]3)C2)C1. The van der Waals surface area contributed by atoms with Crippen LogP contribution in [0.2, 0.25) is 5.02 Å². The lowest BCUT2D eigenvalue weighted by Crippen LogP contribution is -2.64. The Balaban J connectivity index is 1.26. The molecule has 2 heterocycles. The third-order valence-electron chi connectivity index (χ3n) is 6.37. The van der Waals surface area contributed by atoms with Crippen molar-refractivity contribution in [2.45, 2.75) is 52.0 Å². The van der Waals surface area contributed by atoms with Gasteiger partial charge in [0.25, 0.3) is 0 Å². The highest BCUT2D eigenvalue weighted by Crippen LogP contribution is 2.52. The van der Waals surface area contributed by atoms with E-state index in [1.807, 2.05) is 0 Å². The summed E-state index contributed by atoms with van der Waals surface area (Å²) in [5.74, 6) is 1.13. The molecular weight excluding hydrogens is 379 g/mol. The summed E-state index contributed by atoms with van der Waals surface area (Å²) in [6.45, 7) is 8.65. The molecule has 2 N–H and O–H groups in total. The molecule has 28 heavy (non-hydrogen) atoms. The lowest BCUT2D eigenvalue weighted by molar-refractivity contribution is -0.133. The number of hydrogen-bond acceptors (Lipinski definition) is 3. The van der Waals surface area contributed by atoms with Gasteiger partial charge in [-0.3, -0.25) is 9.69 Å². The fourth-order valence-corrected chi connectivity index (χ4v) is 4.94. The lowest BCUT2D eigenvalue weighted by Gasteiger charge is -2.59. The molecule has 152 valence electrons. The second-order valence-electron chi connectivity index (χ2n) is 9.35. The minimum Gasteiger partial charge on any atom is -0.350 e. The smallest absolute Gasteiger partial charge is 0.234 e. The van der Waals surface area contributed by atoms with Gasteiger partial charge < -0.3 is 10.3 Å². The summed E-state index contributed by atoms with van der Waals surface area (Å²) in [6, 6.07) is 2.91. The zero-order valence-corrected chi connectivity index (χ0v) is 17.5. The lowest BCUT2D eigenvalue weighted by atomic mass is 9.57. The number of nitrogens with one attached hydrogen (secondary N) is 2. The van der Waals surface area contributed by atoms with Crippen molar-refractivity contribution >= 4 is 28.5 Å². The number of carbonyl (C=O) groups is 1. The number of amides is 1. The van der Waals surface area contributed by atoms with Gasteiger partial charge in [0, 0.05) is 25.0 Å². The Bertz CT molecular complexity index is 856. The number of halogens is 2. The Hall–Kier alpha value is -1.66. The molecule has 1 saturated carbocycles. The van der Waals surface area contributed by atoms with E-state index < -0.39 is 0 Å². The molecule has 7 heteroatoms. The quantitative estimate of drug-likeness (QED) is 0.764. The number of imidazole rings is 1. The maximum absolute atomic E-state index is 13.9. The molecule has 1 amide bonds. The number of aromatic amines is 1. The molecule has 1 aliphatic heterocycles. The molecule has 0 unspecified atom stereocenters. The zero-order valence-electron chi connectivity index (χ0n) is 16.7. The summed E-state index contributed by atoms with van der Waals surface area (Å²) in [4.78, 5) is 22.0. The number of benzene rings is 1. The highest BCUT2D eigenvalue weighted by atomic mass is 35.5. The van der Waals surface area contributed by atoms with E-state index in [4.69, 9.17) is 11.6 Å². The van der Waals surface area contributed by atoms with E-state index in [1.54, 1.807) is 6.07 Å². The molecular formula is C21H28ClFN4O. The Kier molecular flexibility index (Phi) is 4.91. The standard InChI is InChI=1S/C21H28ClFN4O/c1-4-20(2,3)26-17(28)10-27-11-21(12-27)8-13(9-21)7-16-24-18-14(22)5-6-15(23)19(18)25-16/h5-6,13H,4,7-12H2,1-3H3,(H,24,25)(H,26,28). The van der Waals surface area contributed by atoms with Crippen LogP contribution >= 0.6 is 11.6 Å². The fourth-order valence-electron chi connectivity index (χ4n) is 4.74. The molecule has 0 bridgehead atoms. The van der Waals surface area contributed by atoms with Crippen LogP contribution in [0.15, 0.2) is 12.1 Å². The van der Waals surface area contributed by atoms with Gasteiger partial charge in [0.15, 0.2) is 5.82 Å². The van der Waals surface area contributed by atoms with E-state index >= 15 is 0 Å². The molecule has 2 fully saturated rings. The summed E-state index contributed by atoms with van der Waals surface area (Å²) in [7, 11) is 0. The second kappa shape index (κ2) is 6.99. The van der Waals surface area contributed by atoms with Crippen LogP contribution in [0.5, 0.6) is 0 Å². The largest absolute Gasteiger partial charge is 0.350 e. The van der Waals surface area contributed by atoms with Crippen LogP contribution in [0.1, 0.15) is 45.9 Å². The summed E-state index contributed by atoms with van der Waals surface area (Å²) in [5, 5.41) is 3.60. The molecule has 1 aromatic carbocycles. The second-order valence-corrected chi connectivity index (χ2v) is 9.75. The maximum Gasteiger partial charge on any atom is 0.234 e. The summed E-state index contributed by atoms with van der Waals surface area (Å²) < 4.78 is 13.9. The Morgan fingerprint density at radius 1 is 1.43 bits per heavy atom. The van der Waals surface area contributed by atoms with E-state index in [9.17, 15) is 9.18 Å². The molecule has 1 aromatic heterocycles. The van der Waals surface area contributed by atoms with Crippen molar-refractivity contribution in [1.29, 1.82) is 0 Å². The first-order valence-corrected chi connectivity index (χ1v) is 10.4.